The molecule has 0 spiro atoms. The molecule has 0 saturated carbocycles. The summed E-state index contributed by atoms with van der Waals surface area (Å²) in [5.74, 6) is 8.31. The Morgan fingerprint density at radius 3 is 2.55 bits per heavy atom. The molecule has 0 atom stereocenters. The number of nitrogens with zero attached hydrogens (tertiary/aromatic N) is 2. The van der Waals surface area contributed by atoms with Gasteiger partial charge in [-0.05, 0) is 19.1 Å². The molecule has 1 aromatic heterocycles. The maximum absolute atomic E-state index is 5.50. The Hall–Kier alpha value is -2.34. The average molecular weight is 273 g/mol. The molecule has 106 valence electrons. The second-order valence-corrected chi connectivity index (χ2v) is 4.29. The van der Waals surface area contributed by atoms with Gasteiger partial charge in [0.05, 0.1) is 12.8 Å². The van der Waals surface area contributed by atoms with Crippen LogP contribution >= 0.6 is 0 Å². The predicted octanol–water partition coefficient (Wildman–Crippen LogP) is 2.39. The van der Waals surface area contributed by atoms with Crippen molar-refractivity contribution in [1.82, 2.24) is 9.97 Å². The van der Waals surface area contributed by atoms with Gasteiger partial charge in [-0.15, -0.1) is 0 Å². The largest absolute Gasteiger partial charge is 0.495 e. The van der Waals surface area contributed by atoms with Gasteiger partial charge in [0.1, 0.15) is 23.2 Å². The molecule has 6 nitrogen and oxygen atoms in total. The number of benzene rings is 1. The van der Waals surface area contributed by atoms with E-state index in [1.54, 1.807) is 7.11 Å². The van der Waals surface area contributed by atoms with Crippen molar-refractivity contribution in [3.05, 3.63) is 35.7 Å². The first-order chi connectivity index (χ1) is 9.69. The number of para-hydroxylation sites is 2. The van der Waals surface area contributed by atoms with Gasteiger partial charge in [0.15, 0.2) is 0 Å². The van der Waals surface area contributed by atoms with Crippen LogP contribution in [-0.2, 0) is 6.42 Å². The summed E-state index contributed by atoms with van der Waals surface area (Å²) in [6.07, 6.45) is 0.732. The maximum Gasteiger partial charge on any atom is 0.148 e. The van der Waals surface area contributed by atoms with E-state index in [4.69, 9.17) is 10.6 Å². The standard InChI is InChI=1S/C14H19N5O/c1-4-12-17-13(9(2)14(18-12)19-15)16-10-7-5-6-8-11(10)20-3/h5-8H,4,15H2,1-3H3,(H2,16,17,18,19). The maximum atomic E-state index is 5.50. The first-order valence-corrected chi connectivity index (χ1v) is 6.43. The fraction of sp³-hybridized carbons (Fsp3) is 0.286. The van der Waals surface area contributed by atoms with Crippen LogP contribution in [0.25, 0.3) is 0 Å². The summed E-state index contributed by atoms with van der Waals surface area (Å²) >= 11 is 0. The first-order valence-electron chi connectivity index (χ1n) is 6.43. The Morgan fingerprint density at radius 1 is 1.20 bits per heavy atom. The quantitative estimate of drug-likeness (QED) is 0.573. The Bertz CT molecular complexity index is 600. The molecule has 0 aliphatic carbocycles. The third-order valence-electron chi connectivity index (χ3n) is 3.01. The number of anilines is 3. The summed E-state index contributed by atoms with van der Waals surface area (Å²) < 4.78 is 5.32. The molecule has 0 bridgehead atoms. The SMILES string of the molecule is CCc1nc(NN)c(C)c(Nc2ccccc2OC)n1. The van der Waals surface area contributed by atoms with E-state index in [1.165, 1.54) is 0 Å². The van der Waals surface area contributed by atoms with Gasteiger partial charge in [-0.25, -0.2) is 15.8 Å². The van der Waals surface area contributed by atoms with E-state index in [-0.39, 0.29) is 0 Å². The van der Waals surface area contributed by atoms with Crippen molar-refractivity contribution >= 4 is 17.3 Å². The Morgan fingerprint density at radius 2 is 1.90 bits per heavy atom. The van der Waals surface area contributed by atoms with Crippen LogP contribution in [0.15, 0.2) is 24.3 Å². The van der Waals surface area contributed by atoms with Crippen molar-refractivity contribution in [2.45, 2.75) is 20.3 Å². The van der Waals surface area contributed by atoms with E-state index in [9.17, 15) is 0 Å². The van der Waals surface area contributed by atoms with Gasteiger partial charge in [-0.3, -0.25) is 0 Å². The zero-order valence-electron chi connectivity index (χ0n) is 11.9. The number of methoxy groups -OCH3 is 1. The minimum atomic E-state index is 0.620. The first kappa shape index (κ1) is 14.1. The Kier molecular flexibility index (Phi) is 4.37. The van der Waals surface area contributed by atoms with E-state index in [1.807, 2.05) is 38.1 Å². The lowest BCUT2D eigenvalue weighted by Crippen LogP contribution is -2.14. The molecule has 6 heteroatoms. The lowest BCUT2D eigenvalue weighted by molar-refractivity contribution is 0.417. The third-order valence-corrected chi connectivity index (χ3v) is 3.01. The monoisotopic (exact) mass is 273 g/mol. The van der Waals surface area contributed by atoms with Crippen LogP contribution in [0.5, 0.6) is 5.75 Å². The van der Waals surface area contributed by atoms with Crippen molar-refractivity contribution in [1.29, 1.82) is 0 Å². The van der Waals surface area contributed by atoms with Gasteiger partial charge in [-0.1, -0.05) is 19.1 Å². The molecule has 0 aliphatic rings. The van der Waals surface area contributed by atoms with Crippen LogP contribution in [0, 0.1) is 6.92 Å². The van der Waals surface area contributed by atoms with Crippen LogP contribution < -0.4 is 21.3 Å². The number of hydrazine groups is 1. The topological polar surface area (TPSA) is 85.1 Å². The molecule has 2 aromatic rings. The van der Waals surface area contributed by atoms with Crippen LogP contribution in [0.3, 0.4) is 0 Å². The highest BCUT2D eigenvalue weighted by molar-refractivity contribution is 5.68. The minimum Gasteiger partial charge on any atom is -0.495 e. The van der Waals surface area contributed by atoms with Crippen LogP contribution in [0.1, 0.15) is 18.3 Å². The average Bonchev–Trinajstić information content (AvgIpc) is 2.49. The Labute approximate surface area is 118 Å². The molecular weight excluding hydrogens is 254 g/mol. The fourth-order valence-corrected chi connectivity index (χ4v) is 1.86. The lowest BCUT2D eigenvalue weighted by Gasteiger charge is -2.15. The highest BCUT2D eigenvalue weighted by Crippen LogP contribution is 2.29. The molecule has 0 unspecified atom stereocenters. The lowest BCUT2D eigenvalue weighted by atomic mass is 10.2. The molecule has 0 radical (unpaired) electrons. The van der Waals surface area contributed by atoms with Crippen LogP contribution in [0.4, 0.5) is 17.3 Å². The van der Waals surface area contributed by atoms with Crippen molar-refractivity contribution in [3.8, 4) is 5.75 Å². The number of hydrogen-bond donors (Lipinski definition) is 3. The summed E-state index contributed by atoms with van der Waals surface area (Å²) in [7, 11) is 1.64. The predicted molar refractivity (Wildman–Crippen MR) is 80.2 cm³/mol. The highest BCUT2D eigenvalue weighted by Gasteiger charge is 2.11. The summed E-state index contributed by atoms with van der Waals surface area (Å²) in [5, 5.41) is 3.27. The van der Waals surface area contributed by atoms with Crippen molar-refractivity contribution < 1.29 is 4.74 Å². The normalized spacial score (nSPS) is 10.2. The molecule has 20 heavy (non-hydrogen) atoms. The van der Waals surface area contributed by atoms with Gasteiger partial charge in [0, 0.05) is 12.0 Å². The highest BCUT2D eigenvalue weighted by atomic mass is 16.5. The van der Waals surface area contributed by atoms with E-state index in [0.717, 1.165) is 29.2 Å². The zero-order chi connectivity index (χ0) is 14.5. The summed E-state index contributed by atoms with van der Waals surface area (Å²) in [4.78, 5) is 8.83. The molecule has 0 amide bonds. The van der Waals surface area contributed by atoms with Crippen molar-refractivity contribution in [2.75, 3.05) is 17.9 Å². The molecular formula is C14H19N5O. The molecule has 1 aromatic carbocycles. The van der Waals surface area contributed by atoms with Crippen molar-refractivity contribution in [3.63, 3.8) is 0 Å². The second-order valence-electron chi connectivity index (χ2n) is 4.29. The molecule has 0 saturated heterocycles. The number of rotatable bonds is 5. The van der Waals surface area contributed by atoms with Gasteiger partial charge in [0.25, 0.3) is 0 Å². The number of aryl methyl sites for hydroxylation is 1. The van der Waals surface area contributed by atoms with E-state index in [2.05, 4.69) is 20.7 Å². The van der Waals surface area contributed by atoms with Crippen molar-refractivity contribution in [2.24, 2.45) is 5.84 Å². The molecule has 2 rings (SSSR count). The van der Waals surface area contributed by atoms with Crippen LogP contribution in [-0.4, -0.2) is 17.1 Å². The number of nitrogen functional groups attached to an aromatic ring is 1. The molecule has 0 fully saturated rings. The minimum absolute atomic E-state index is 0.620. The molecule has 0 aliphatic heterocycles. The van der Waals surface area contributed by atoms with Crippen LogP contribution in [0.2, 0.25) is 0 Å². The van der Waals surface area contributed by atoms with E-state index < -0.39 is 0 Å². The van der Waals surface area contributed by atoms with Gasteiger partial charge in [0.2, 0.25) is 0 Å². The number of nitrogens with two attached hydrogens (primary N) is 1. The second kappa shape index (κ2) is 6.21. The Balaban J connectivity index is 2.42. The summed E-state index contributed by atoms with van der Waals surface area (Å²) in [5.41, 5.74) is 4.31. The smallest absolute Gasteiger partial charge is 0.148 e. The third kappa shape index (κ3) is 2.80. The number of nitrogens with one attached hydrogen (secondary N) is 2. The van der Waals surface area contributed by atoms with Gasteiger partial charge < -0.3 is 15.5 Å². The molecule has 1 heterocycles. The van der Waals surface area contributed by atoms with Gasteiger partial charge in [-0.2, -0.15) is 0 Å². The van der Waals surface area contributed by atoms with E-state index >= 15 is 0 Å². The van der Waals surface area contributed by atoms with E-state index in [0.29, 0.717) is 11.6 Å². The van der Waals surface area contributed by atoms with Gasteiger partial charge >= 0.3 is 0 Å². The number of aromatic nitrogens is 2. The zero-order valence-corrected chi connectivity index (χ0v) is 11.9. The summed E-state index contributed by atoms with van der Waals surface area (Å²) in [6.45, 7) is 3.91. The fourth-order valence-electron chi connectivity index (χ4n) is 1.86. The molecule has 4 N–H and O–H groups in total. The number of hydrogen-bond acceptors (Lipinski definition) is 6. The number of ether oxygens (including phenoxy) is 1. The summed E-state index contributed by atoms with van der Waals surface area (Å²) in [6, 6.07) is 7.68.